The molecule has 132 valence electrons. The molecular formula is C17H20N4O3S. The smallest absolute Gasteiger partial charge is 0.272 e. The van der Waals surface area contributed by atoms with E-state index in [1.807, 2.05) is 0 Å². The fourth-order valence-corrected chi connectivity index (χ4v) is 3.91. The molecule has 1 aromatic carbocycles. The van der Waals surface area contributed by atoms with Gasteiger partial charge in [0, 0.05) is 24.2 Å². The van der Waals surface area contributed by atoms with Crippen molar-refractivity contribution >= 4 is 15.9 Å². The first-order valence-corrected chi connectivity index (χ1v) is 9.94. The first kappa shape index (κ1) is 16.3. The number of aromatic amines is 1. The lowest BCUT2D eigenvalue weighted by molar-refractivity contribution is 0.0946. The molecule has 0 aliphatic heterocycles. The Morgan fingerprint density at radius 2 is 1.88 bits per heavy atom. The Bertz CT molecular complexity index is 881. The SMILES string of the molecule is O=C(NCc1ccc(S(=O)(=O)NC2CC2)cc1)c1cc(C2CC2)[nH]n1. The molecule has 1 amide bonds. The Kier molecular flexibility index (Phi) is 4.09. The van der Waals surface area contributed by atoms with Gasteiger partial charge in [-0.1, -0.05) is 12.1 Å². The van der Waals surface area contributed by atoms with E-state index in [4.69, 9.17) is 0 Å². The number of sulfonamides is 1. The summed E-state index contributed by atoms with van der Waals surface area (Å²) in [5.74, 6) is 0.281. The van der Waals surface area contributed by atoms with Crippen molar-refractivity contribution in [3.8, 4) is 0 Å². The summed E-state index contributed by atoms with van der Waals surface area (Å²) in [6.45, 7) is 0.320. The van der Waals surface area contributed by atoms with E-state index in [0.717, 1.165) is 36.9 Å². The summed E-state index contributed by atoms with van der Waals surface area (Å²) < 4.78 is 26.9. The van der Waals surface area contributed by atoms with Gasteiger partial charge in [-0.15, -0.1) is 0 Å². The van der Waals surface area contributed by atoms with E-state index in [2.05, 4.69) is 20.2 Å². The summed E-state index contributed by atoms with van der Waals surface area (Å²) >= 11 is 0. The van der Waals surface area contributed by atoms with Gasteiger partial charge in [0.25, 0.3) is 5.91 Å². The fourth-order valence-electron chi connectivity index (χ4n) is 2.60. The second-order valence-corrected chi connectivity index (χ2v) is 8.42. The maximum atomic E-state index is 12.1. The number of nitrogens with zero attached hydrogens (tertiary/aromatic N) is 1. The van der Waals surface area contributed by atoms with Gasteiger partial charge < -0.3 is 5.32 Å². The number of aromatic nitrogens is 2. The Hall–Kier alpha value is -2.19. The van der Waals surface area contributed by atoms with Crippen LogP contribution < -0.4 is 10.0 Å². The Morgan fingerprint density at radius 3 is 2.52 bits per heavy atom. The van der Waals surface area contributed by atoms with Gasteiger partial charge in [0.1, 0.15) is 5.69 Å². The zero-order chi connectivity index (χ0) is 17.4. The molecule has 25 heavy (non-hydrogen) atoms. The number of H-pyrrole nitrogens is 1. The fraction of sp³-hybridized carbons (Fsp3) is 0.412. The molecular weight excluding hydrogens is 340 g/mol. The molecule has 0 saturated heterocycles. The molecule has 0 bridgehead atoms. The first-order chi connectivity index (χ1) is 12.0. The Morgan fingerprint density at radius 1 is 1.16 bits per heavy atom. The highest BCUT2D eigenvalue weighted by molar-refractivity contribution is 7.89. The van der Waals surface area contributed by atoms with Crippen molar-refractivity contribution in [2.24, 2.45) is 0 Å². The van der Waals surface area contributed by atoms with Crippen LogP contribution in [0.2, 0.25) is 0 Å². The van der Waals surface area contributed by atoms with Crippen molar-refractivity contribution in [2.75, 3.05) is 0 Å². The van der Waals surface area contributed by atoms with Gasteiger partial charge in [0.15, 0.2) is 0 Å². The van der Waals surface area contributed by atoms with E-state index in [0.29, 0.717) is 18.2 Å². The summed E-state index contributed by atoms with van der Waals surface area (Å²) in [5.41, 5.74) is 2.23. The van der Waals surface area contributed by atoms with Crippen molar-refractivity contribution in [1.82, 2.24) is 20.2 Å². The molecule has 1 aromatic heterocycles. The van der Waals surface area contributed by atoms with Gasteiger partial charge in [0.2, 0.25) is 10.0 Å². The van der Waals surface area contributed by atoms with Crippen LogP contribution in [0, 0.1) is 0 Å². The minimum Gasteiger partial charge on any atom is -0.347 e. The van der Waals surface area contributed by atoms with Crippen LogP contribution in [-0.2, 0) is 16.6 Å². The Balaban J connectivity index is 1.35. The minimum absolute atomic E-state index is 0.0818. The predicted octanol–water partition coefficient (Wildman–Crippen LogP) is 1.66. The summed E-state index contributed by atoms with van der Waals surface area (Å²) in [6, 6.07) is 8.42. The molecule has 2 fully saturated rings. The molecule has 8 heteroatoms. The number of carbonyl (C=O) groups excluding carboxylic acids is 1. The van der Waals surface area contributed by atoms with Crippen LogP contribution in [0.3, 0.4) is 0 Å². The molecule has 2 aliphatic carbocycles. The maximum absolute atomic E-state index is 12.1. The van der Waals surface area contributed by atoms with E-state index >= 15 is 0 Å². The Labute approximate surface area is 146 Å². The lowest BCUT2D eigenvalue weighted by Gasteiger charge is -2.07. The number of rotatable bonds is 7. The van der Waals surface area contributed by atoms with Crippen LogP contribution in [0.25, 0.3) is 0 Å². The second-order valence-electron chi connectivity index (χ2n) is 6.70. The molecule has 2 saturated carbocycles. The van der Waals surface area contributed by atoms with Crippen molar-refractivity contribution < 1.29 is 13.2 Å². The standard InChI is InChI=1S/C17H20N4O3S/c22-17(16-9-15(19-20-16)12-3-4-12)18-10-11-1-7-14(8-2-11)25(23,24)21-13-5-6-13/h1-2,7-9,12-13,21H,3-6,10H2,(H,18,22)(H,19,20). The number of carbonyl (C=O) groups is 1. The van der Waals surface area contributed by atoms with Crippen molar-refractivity contribution in [3.05, 3.63) is 47.3 Å². The lowest BCUT2D eigenvalue weighted by Crippen LogP contribution is -2.26. The van der Waals surface area contributed by atoms with Gasteiger partial charge >= 0.3 is 0 Å². The maximum Gasteiger partial charge on any atom is 0.272 e. The largest absolute Gasteiger partial charge is 0.347 e. The summed E-state index contributed by atoms with van der Waals surface area (Å²) in [7, 11) is -3.44. The van der Waals surface area contributed by atoms with Crippen LogP contribution in [0.15, 0.2) is 35.2 Å². The van der Waals surface area contributed by atoms with E-state index in [1.54, 1.807) is 30.3 Å². The van der Waals surface area contributed by atoms with Gasteiger partial charge in [-0.2, -0.15) is 5.10 Å². The summed E-state index contributed by atoms with van der Waals surface area (Å²) in [6.07, 6.45) is 4.10. The first-order valence-electron chi connectivity index (χ1n) is 8.46. The van der Waals surface area contributed by atoms with E-state index < -0.39 is 10.0 Å². The molecule has 0 spiro atoms. The zero-order valence-corrected chi connectivity index (χ0v) is 14.5. The third-order valence-electron chi connectivity index (χ3n) is 4.43. The van der Waals surface area contributed by atoms with Crippen LogP contribution in [0.4, 0.5) is 0 Å². The van der Waals surface area contributed by atoms with Crippen molar-refractivity contribution in [1.29, 1.82) is 0 Å². The normalized spacial score (nSPS) is 17.4. The van der Waals surface area contributed by atoms with Gasteiger partial charge in [0.05, 0.1) is 4.90 Å². The van der Waals surface area contributed by atoms with Gasteiger partial charge in [-0.05, 0) is 49.4 Å². The monoisotopic (exact) mass is 360 g/mol. The van der Waals surface area contributed by atoms with Crippen molar-refractivity contribution in [2.45, 2.75) is 49.1 Å². The number of hydrogen-bond acceptors (Lipinski definition) is 4. The molecule has 1 heterocycles. The third kappa shape index (κ3) is 3.91. The number of benzene rings is 1. The molecule has 2 aromatic rings. The highest BCUT2D eigenvalue weighted by Crippen LogP contribution is 2.38. The number of amides is 1. The van der Waals surface area contributed by atoms with Crippen LogP contribution in [0.5, 0.6) is 0 Å². The van der Waals surface area contributed by atoms with Crippen LogP contribution in [-0.4, -0.2) is 30.6 Å². The minimum atomic E-state index is -3.44. The van der Waals surface area contributed by atoms with E-state index in [1.165, 1.54) is 0 Å². The second kappa shape index (κ2) is 6.27. The van der Waals surface area contributed by atoms with Gasteiger partial charge in [-0.25, -0.2) is 13.1 Å². The number of hydrogen-bond donors (Lipinski definition) is 3. The zero-order valence-electron chi connectivity index (χ0n) is 13.7. The average molecular weight is 360 g/mol. The molecule has 3 N–H and O–H groups in total. The van der Waals surface area contributed by atoms with Crippen LogP contribution >= 0.6 is 0 Å². The predicted molar refractivity (Wildman–Crippen MR) is 91.5 cm³/mol. The quantitative estimate of drug-likeness (QED) is 0.698. The van der Waals surface area contributed by atoms with Crippen molar-refractivity contribution in [3.63, 3.8) is 0 Å². The van der Waals surface area contributed by atoms with Gasteiger partial charge in [-0.3, -0.25) is 9.89 Å². The number of nitrogens with one attached hydrogen (secondary N) is 3. The average Bonchev–Trinajstić information content (AvgIpc) is 3.53. The molecule has 0 unspecified atom stereocenters. The molecule has 7 nitrogen and oxygen atoms in total. The third-order valence-corrected chi connectivity index (χ3v) is 5.97. The summed E-state index contributed by atoms with van der Waals surface area (Å²) in [5, 5.41) is 9.75. The van der Waals surface area contributed by atoms with E-state index in [-0.39, 0.29) is 16.8 Å². The molecule has 0 atom stereocenters. The molecule has 2 aliphatic rings. The summed E-state index contributed by atoms with van der Waals surface area (Å²) in [4.78, 5) is 12.4. The molecule has 0 radical (unpaired) electrons. The topological polar surface area (TPSA) is 104 Å². The highest BCUT2D eigenvalue weighted by atomic mass is 32.2. The lowest BCUT2D eigenvalue weighted by atomic mass is 10.2. The highest BCUT2D eigenvalue weighted by Gasteiger charge is 2.28. The molecule has 4 rings (SSSR count). The van der Waals surface area contributed by atoms with Crippen LogP contribution in [0.1, 0.15) is 53.3 Å². The van der Waals surface area contributed by atoms with E-state index in [9.17, 15) is 13.2 Å².